The van der Waals surface area contributed by atoms with Gasteiger partial charge in [0.05, 0.1) is 5.60 Å². The molecule has 1 fully saturated rings. The van der Waals surface area contributed by atoms with Gasteiger partial charge in [-0.05, 0) is 50.3 Å². The van der Waals surface area contributed by atoms with Crippen LogP contribution in [0.1, 0.15) is 30.9 Å². The van der Waals surface area contributed by atoms with E-state index in [-0.39, 0.29) is 5.60 Å². The predicted molar refractivity (Wildman–Crippen MR) is 99.7 cm³/mol. The number of H-pyrrole nitrogens is 1. The van der Waals surface area contributed by atoms with E-state index in [0.717, 1.165) is 44.9 Å². The van der Waals surface area contributed by atoms with Crippen LogP contribution in [0.3, 0.4) is 0 Å². The molecule has 1 aromatic carbocycles. The van der Waals surface area contributed by atoms with Crippen LogP contribution in [0.5, 0.6) is 0 Å². The number of nitrogens with one attached hydrogen (secondary N) is 3. The average Bonchev–Trinajstić information content (AvgIpc) is 3.19. The monoisotopic (exact) mass is 328 g/mol. The van der Waals surface area contributed by atoms with Gasteiger partial charge >= 0.3 is 0 Å². The van der Waals surface area contributed by atoms with E-state index in [1.165, 1.54) is 22.0 Å². The number of aromatic amines is 1. The van der Waals surface area contributed by atoms with Crippen LogP contribution in [-0.2, 0) is 11.2 Å². The Morgan fingerprint density at radius 2 is 2.25 bits per heavy atom. The van der Waals surface area contributed by atoms with Crippen LogP contribution in [0, 0.1) is 6.92 Å². The summed E-state index contributed by atoms with van der Waals surface area (Å²) >= 11 is 0. The molecule has 0 saturated carbocycles. The first-order chi connectivity index (χ1) is 11.6. The lowest BCUT2D eigenvalue weighted by Gasteiger charge is -2.24. The Labute approximate surface area is 143 Å². The van der Waals surface area contributed by atoms with Gasteiger partial charge in [-0.2, -0.15) is 0 Å². The second-order valence-electron chi connectivity index (χ2n) is 6.82. The Morgan fingerprint density at radius 3 is 3.00 bits per heavy atom. The molecule has 1 unspecified atom stereocenters. The van der Waals surface area contributed by atoms with Crippen molar-refractivity contribution >= 4 is 16.9 Å². The zero-order valence-corrected chi connectivity index (χ0v) is 14.9. The van der Waals surface area contributed by atoms with Gasteiger partial charge in [0.2, 0.25) is 0 Å². The van der Waals surface area contributed by atoms with Crippen molar-refractivity contribution in [2.45, 2.75) is 38.7 Å². The molecule has 3 N–H and O–H groups in total. The fourth-order valence-electron chi connectivity index (χ4n) is 3.43. The molecule has 130 valence electrons. The third kappa shape index (κ3) is 3.73. The van der Waals surface area contributed by atoms with Gasteiger partial charge in [0.15, 0.2) is 5.96 Å². The van der Waals surface area contributed by atoms with Crippen LogP contribution in [0.25, 0.3) is 10.9 Å². The van der Waals surface area contributed by atoms with Gasteiger partial charge < -0.3 is 20.4 Å². The van der Waals surface area contributed by atoms with Crippen LogP contribution < -0.4 is 10.6 Å². The second kappa shape index (κ2) is 7.26. The van der Waals surface area contributed by atoms with Crippen molar-refractivity contribution in [2.75, 3.05) is 26.7 Å². The number of benzene rings is 1. The van der Waals surface area contributed by atoms with Crippen LogP contribution in [0.2, 0.25) is 0 Å². The summed E-state index contributed by atoms with van der Waals surface area (Å²) < 4.78 is 5.81. The van der Waals surface area contributed by atoms with Crippen LogP contribution in [0.4, 0.5) is 0 Å². The number of hydrogen-bond acceptors (Lipinski definition) is 2. The van der Waals surface area contributed by atoms with Gasteiger partial charge in [0, 0.05) is 43.8 Å². The van der Waals surface area contributed by atoms with Gasteiger partial charge in [-0.25, -0.2) is 0 Å². The van der Waals surface area contributed by atoms with Crippen molar-refractivity contribution in [1.82, 2.24) is 15.6 Å². The van der Waals surface area contributed by atoms with Crippen molar-refractivity contribution in [1.29, 1.82) is 0 Å². The fourth-order valence-corrected chi connectivity index (χ4v) is 3.43. The maximum Gasteiger partial charge on any atom is 0.191 e. The molecule has 1 saturated heterocycles. The maximum atomic E-state index is 5.81. The van der Waals surface area contributed by atoms with Crippen molar-refractivity contribution in [3.8, 4) is 0 Å². The molecule has 0 radical (unpaired) electrons. The first-order valence-corrected chi connectivity index (χ1v) is 8.75. The number of aliphatic imine (C=N–C) groups is 1. The first-order valence-electron chi connectivity index (χ1n) is 8.75. The molecular weight excluding hydrogens is 300 g/mol. The number of guanidine groups is 1. The summed E-state index contributed by atoms with van der Waals surface area (Å²) in [6, 6.07) is 6.38. The van der Waals surface area contributed by atoms with Crippen LogP contribution in [-0.4, -0.2) is 43.3 Å². The fraction of sp³-hybridized carbons (Fsp3) is 0.526. The molecular formula is C19H28N4O. The van der Waals surface area contributed by atoms with Gasteiger partial charge in [0.1, 0.15) is 0 Å². The minimum atomic E-state index is -0.0639. The predicted octanol–water partition coefficient (Wildman–Crippen LogP) is 2.75. The Balaban J connectivity index is 1.52. The largest absolute Gasteiger partial charge is 0.373 e. The van der Waals surface area contributed by atoms with E-state index in [1.54, 1.807) is 0 Å². The molecule has 2 heterocycles. The smallest absolute Gasteiger partial charge is 0.191 e. The number of fused-ring (bicyclic) bond motifs is 1. The Hall–Kier alpha value is -2.01. The SMILES string of the molecule is CN=C(NCCc1c[nH]c2cccc(C)c12)NCC1(C)CCCO1. The van der Waals surface area contributed by atoms with Crippen LogP contribution in [0.15, 0.2) is 29.4 Å². The zero-order chi connectivity index (χ0) is 17.0. The van der Waals surface area contributed by atoms with Crippen LogP contribution >= 0.6 is 0 Å². The molecule has 0 bridgehead atoms. The normalized spacial score (nSPS) is 21.4. The molecule has 24 heavy (non-hydrogen) atoms. The molecule has 5 heteroatoms. The standard InChI is InChI=1S/C19H28N4O/c1-14-6-4-7-16-17(14)15(12-22-16)8-10-21-18(20-3)23-13-19(2)9-5-11-24-19/h4,6-7,12,22H,5,8-11,13H2,1-3H3,(H2,20,21,23). The lowest BCUT2D eigenvalue weighted by atomic mass is 10.0. The zero-order valence-electron chi connectivity index (χ0n) is 14.9. The van der Waals surface area contributed by atoms with Crippen molar-refractivity contribution in [3.05, 3.63) is 35.5 Å². The molecule has 1 atom stereocenters. The first kappa shape index (κ1) is 16.8. The molecule has 1 aromatic heterocycles. The molecule has 0 amide bonds. The number of nitrogens with zero attached hydrogens (tertiary/aromatic N) is 1. The summed E-state index contributed by atoms with van der Waals surface area (Å²) in [5.41, 5.74) is 3.81. The molecule has 1 aliphatic heterocycles. The second-order valence-corrected chi connectivity index (χ2v) is 6.82. The van der Waals surface area contributed by atoms with E-state index >= 15 is 0 Å². The summed E-state index contributed by atoms with van der Waals surface area (Å²) in [7, 11) is 1.81. The highest BCUT2D eigenvalue weighted by molar-refractivity contribution is 5.86. The van der Waals surface area contributed by atoms with Gasteiger partial charge in [0.25, 0.3) is 0 Å². The van der Waals surface area contributed by atoms with Gasteiger partial charge in [-0.15, -0.1) is 0 Å². The van der Waals surface area contributed by atoms with E-state index < -0.39 is 0 Å². The molecule has 3 rings (SSSR count). The maximum absolute atomic E-state index is 5.81. The average molecular weight is 328 g/mol. The quantitative estimate of drug-likeness (QED) is 0.584. The molecule has 5 nitrogen and oxygen atoms in total. The third-order valence-electron chi connectivity index (χ3n) is 4.84. The topological polar surface area (TPSA) is 61.4 Å². The van der Waals surface area contributed by atoms with E-state index in [1.807, 2.05) is 7.05 Å². The van der Waals surface area contributed by atoms with Gasteiger partial charge in [-0.1, -0.05) is 12.1 Å². The molecule has 2 aromatic rings. The van der Waals surface area contributed by atoms with E-state index in [0.29, 0.717) is 0 Å². The number of hydrogen-bond donors (Lipinski definition) is 3. The highest BCUT2D eigenvalue weighted by atomic mass is 16.5. The number of aromatic nitrogens is 1. The van der Waals surface area contributed by atoms with E-state index in [9.17, 15) is 0 Å². The van der Waals surface area contributed by atoms with E-state index in [2.05, 4.69) is 58.9 Å². The number of rotatable bonds is 5. The lowest BCUT2D eigenvalue weighted by Crippen LogP contribution is -2.45. The van der Waals surface area contributed by atoms with Gasteiger partial charge in [-0.3, -0.25) is 4.99 Å². The van der Waals surface area contributed by atoms with E-state index in [4.69, 9.17) is 4.74 Å². The minimum absolute atomic E-state index is 0.0639. The molecule has 0 spiro atoms. The molecule has 0 aliphatic carbocycles. The minimum Gasteiger partial charge on any atom is -0.373 e. The summed E-state index contributed by atoms with van der Waals surface area (Å²) in [6.07, 6.45) is 5.32. The number of ether oxygens (including phenoxy) is 1. The Kier molecular flexibility index (Phi) is 5.09. The Bertz CT molecular complexity index is 713. The highest BCUT2D eigenvalue weighted by Gasteiger charge is 2.29. The Morgan fingerprint density at radius 1 is 1.38 bits per heavy atom. The number of aryl methyl sites for hydroxylation is 1. The van der Waals surface area contributed by atoms with Crippen molar-refractivity contribution in [3.63, 3.8) is 0 Å². The molecule has 1 aliphatic rings. The summed E-state index contributed by atoms with van der Waals surface area (Å²) in [5, 5.41) is 8.13. The highest BCUT2D eigenvalue weighted by Crippen LogP contribution is 2.24. The summed E-state index contributed by atoms with van der Waals surface area (Å²) in [5.74, 6) is 0.836. The summed E-state index contributed by atoms with van der Waals surface area (Å²) in [4.78, 5) is 7.67. The third-order valence-corrected chi connectivity index (χ3v) is 4.84. The van der Waals surface area contributed by atoms with Crippen molar-refractivity contribution < 1.29 is 4.74 Å². The summed E-state index contributed by atoms with van der Waals surface area (Å²) in [6.45, 7) is 6.83. The lowest BCUT2D eigenvalue weighted by molar-refractivity contribution is 0.0243. The van der Waals surface area contributed by atoms with Crippen molar-refractivity contribution in [2.24, 2.45) is 4.99 Å².